The molecule has 1 aliphatic heterocycles. The minimum atomic E-state index is 0.500. The second-order valence-electron chi connectivity index (χ2n) is 2.18. The van der Waals surface area contributed by atoms with Gasteiger partial charge in [-0.05, 0) is 33.0 Å². The number of likely N-dealkylation sites (tertiary alicyclic amines) is 1. The lowest BCUT2D eigenvalue weighted by Gasteiger charge is -2.20. The molecule has 0 amide bonds. The van der Waals surface area contributed by atoms with E-state index < -0.39 is 0 Å². The summed E-state index contributed by atoms with van der Waals surface area (Å²) in [7, 11) is 0.500. The minimum Gasteiger partial charge on any atom is -0.306 e. The van der Waals surface area contributed by atoms with Crippen molar-refractivity contribution in [2.75, 3.05) is 20.1 Å². The summed E-state index contributed by atoms with van der Waals surface area (Å²) >= 11 is 0. The molecule has 7 heavy (non-hydrogen) atoms. The largest absolute Gasteiger partial charge is 0.306 e. The molecule has 0 N–H and O–H groups in total. The molecule has 1 aliphatic rings. The maximum Gasteiger partial charge on any atom is 0.0394 e. The van der Waals surface area contributed by atoms with Gasteiger partial charge in [-0.15, -0.1) is 0 Å². The van der Waals surface area contributed by atoms with E-state index in [0.717, 1.165) is 13.1 Å². The lowest BCUT2D eigenvalue weighted by Crippen LogP contribution is -2.24. The summed E-state index contributed by atoms with van der Waals surface area (Å²) in [5.74, 6) is 0. The molecule has 0 bridgehead atoms. The smallest absolute Gasteiger partial charge is 0.0394 e. The van der Waals surface area contributed by atoms with Gasteiger partial charge in [0.25, 0.3) is 0 Å². The molecule has 1 heteroatoms. The first-order valence-corrected chi connectivity index (χ1v) is 2.95. The Morgan fingerprint density at radius 3 is 2.43 bits per heavy atom. The first-order valence-electron chi connectivity index (χ1n) is 3.66. The molecule has 1 rings (SSSR count). The Labute approximate surface area is 46.7 Å². The Balaban J connectivity index is 2.13. The highest BCUT2D eigenvalue weighted by Crippen LogP contribution is 2.04. The summed E-state index contributed by atoms with van der Waals surface area (Å²) in [6, 6.07) is 0. The van der Waals surface area contributed by atoms with Gasteiger partial charge in [0.2, 0.25) is 0 Å². The average Bonchev–Trinajstić information content (AvgIpc) is 1.90. The third-order valence-corrected chi connectivity index (χ3v) is 1.45. The maximum atomic E-state index is 7.02. The molecule has 1 heterocycles. The van der Waals surface area contributed by atoms with Crippen LogP contribution >= 0.6 is 0 Å². The number of hydrogen-bond acceptors (Lipinski definition) is 1. The zero-order valence-electron chi connectivity index (χ0n) is 5.69. The fourth-order valence-corrected chi connectivity index (χ4v) is 0.959. The number of nitrogens with zero attached hydrogens (tertiary/aromatic N) is 1. The predicted octanol–water partition coefficient (Wildman–Crippen LogP) is 1.10. The SMILES string of the molecule is [2H]CN1CCCCC1. The Morgan fingerprint density at radius 1 is 1.29 bits per heavy atom. The van der Waals surface area contributed by atoms with Crippen molar-refractivity contribution in [3.8, 4) is 0 Å². The van der Waals surface area contributed by atoms with Crippen LogP contribution in [0.1, 0.15) is 20.6 Å². The molecule has 0 atom stereocenters. The van der Waals surface area contributed by atoms with Crippen molar-refractivity contribution in [3.05, 3.63) is 0 Å². The summed E-state index contributed by atoms with van der Waals surface area (Å²) in [6.45, 7) is 2.31. The van der Waals surface area contributed by atoms with Gasteiger partial charge in [0.05, 0.1) is 0 Å². The van der Waals surface area contributed by atoms with Crippen LogP contribution in [0, 0.1) is 0 Å². The molecule has 0 spiro atoms. The highest BCUT2D eigenvalue weighted by molar-refractivity contribution is 4.58. The van der Waals surface area contributed by atoms with Crippen molar-refractivity contribution >= 4 is 0 Å². The summed E-state index contributed by atoms with van der Waals surface area (Å²) in [5, 5.41) is 0. The van der Waals surface area contributed by atoms with Gasteiger partial charge >= 0.3 is 0 Å². The van der Waals surface area contributed by atoms with Gasteiger partial charge in [-0.25, -0.2) is 0 Å². The lowest BCUT2D eigenvalue weighted by atomic mass is 10.1. The fraction of sp³-hybridized carbons (Fsp3) is 1.00. The molecule has 42 valence electrons. The quantitative estimate of drug-likeness (QED) is 0.440. The third-order valence-electron chi connectivity index (χ3n) is 1.45. The minimum absolute atomic E-state index is 0.500. The zero-order chi connectivity index (χ0) is 5.82. The Hall–Kier alpha value is -0.0400. The maximum absolute atomic E-state index is 7.02. The third kappa shape index (κ3) is 1.48. The number of piperidine rings is 1. The van der Waals surface area contributed by atoms with Crippen LogP contribution in [-0.2, 0) is 0 Å². The molecule has 0 aromatic rings. The van der Waals surface area contributed by atoms with E-state index in [9.17, 15) is 0 Å². The van der Waals surface area contributed by atoms with E-state index in [4.69, 9.17) is 1.37 Å². The first-order chi connectivity index (χ1) is 3.93. The summed E-state index contributed by atoms with van der Waals surface area (Å²) in [4.78, 5) is 2.18. The van der Waals surface area contributed by atoms with E-state index in [1.54, 1.807) is 0 Å². The van der Waals surface area contributed by atoms with Gasteiger partial charge in [0.1, 0.15) is 0 Å². The Bertz CT molecular complexity index is 59.5. The molecule has 1 saturated heterocycles. The van der Waals surface area contributed by atoms with E-state index in [0.29, 0.717) is 7.02 Å². The molecule has 0 saturated carbocycles. The van der Waals surface area contributed by atoms with Gasteiger partial charge in [-0.2, -0.15) is 0 Å². The topological polar surface area (TPSA) is 3.24 Å². The van der Waals surface area contributed by atoms with Gasteiger partial charge in [-0.1, -0.05) is 6.42 Å². The van der Waals surface area contributed by atoms with Crippen LogP contribution < -0.4 is 0 Å². The van der Waals surface area contributed by atoms with Crippen molar-refractivity contribution in [1.29, 1.82) is 0 Å². The molecule has 0 unspecified atom stereocenters. The molecule has 1 nitrogen and oxygen atoms in total. The Kier molecular flexibility index (Phi) is 1.29. The zero-order valence-corrected chi connectivity index (χ0v) is 4.69. The van der Waals surface area contributed by atoms with E-state index in [2.05, 4.69) is 4.90 Å². The molecular formula is C6H13N. The van der Waals surface area contributed by atoms with Gasteiger partial charge in [0.15, 0.2) is 0 Å². The van der Waals surface area contributed by atoms with E-state index in [1.165, 1.54) is 19.3 Å². The summed E-state index contributed by atoms with van der Waals surface area (Å²) in [5.41, 5.74) is 0. The molecular weight excluding hydrogens is 86.1 g/mol. The number of hydrogen-bond donors (Lipinski definition) is 0. The van der Waals surface area contributed by atoms with Crippen LogP contribution in [0.3, 0.4) is 0 Å². The highest BCUT2D eigenvalue weighted by atomic mass is 15.1. The van der Waals surface area contributed by atoms with Crippen LogP contribution in [0.2, 0.25) is 0 Å². The van der Waals surface area contributed by atoms with Crippen molar-refractivity contribution < 1.29 is 1.37 Å². The van der Waals surface area contributed by atoms with Crippen molar-refractivity contribution in [3.63, 3.8) is 0 Å². The van der Waals surface area contributed by atoms with Gasteiger partial charge in [0, 0.05) is 1.37 Å². The van der Waals surface area contributed by atoms with Crippen LogP contribution in [0.25, 0.3) is 0 Å². The normalized spacial score (nSPS) is 27.1. The average molecular weight is 100 g/mol. The summed E-state index contributed by atoms with van der Waals surface area (Å²) in [6.07, 6.45) is 3.98. The predicted molar refractivity (Wildman–Crippen MR) is 31.3 cm³/mol. The monoisotopic (exact) mass is 100 g/mol. The molecule has 0 aromatic heterocycles. The molecule has 1 fully saturated rings. The fourth-order valence-electron chi connectivity index (χ4n) is 0.959. The Morgan fingerprint density at radius 2 is 2.00 bits per heavy atom. The van der Waals surface area contributed by atoms with Crippen molar-refractivity contribution in [2.45, 2.75) is 19.3 Å². The van der Waals surface area contributed by atoms with Crippen LogP contribution in [-0.4, -0.2) is 25.0 Å². The summed E-state index contributed by atoms with van der Waals surface area (Å²) < 4.78 is 7.02. The van der Waals surface area contributed by atoms with Gasteiger partial charge < -0.3 is 4.90 Å². The van der Waals surface area contributed by atoms with E-state index in [-0.39, 0.29) is 0 Å². The standard InChI is InChI=1S/C6H13N/c1-7-5-3-2-4-6-7/h2-6H2,1H3/i1D. The van der Waals surface area contributed by atoms with Crippen molar-refractivity contribution in [2.24, 2.45) is 0 Å². The van der Waals surface area contributed by atoms with Crippen molar-refractivity contribution in [1.82, 2.24) is 4.90 Å². The number of rotatable bonds is 0. The van der Waals surface area contributed by atoms with Crippen LogP contribution in [0.5, 0.6) is 0 Å². The first kappa shape index (κ1) is 3.90. The van der Waals surface area contributed by atoms with E-state index >= 15 is 0 Å². The van der Waals surface area contributed by atoms with E-state index in [1.807, 2.05) is 0 Å². The molecule has 0 aliphatic carbocycles. The highest BCUT2D eigenvalue weighted by Gasteiger charge is 2.02. The van der Waals surface area contributed by atoms with Crippen LogP contribution in [0.15, 0.2) is 0 Å². The molecule has 0 aromatic carbocycles. The molecule has 0 radical (unpaired) electrons. The second kappa shape index (κ2) is 2.31. The second-order valence-corrected chi connectivity index (χ2v) is 2.18. The van der Waals surface area contributed by atoms with Crippen LogP contribution in [0.4, 0.5) is 0 Å². The van der Waals surface area contributed by atoms with Gasteiger partial charge in [-0.3, -0.25) is 0 Å². The lowest BCUT2D eigenvalue weighted by molar-refractivity contribution is 0.277.